The van der Waals surface area contributed by atoms with Gasteiger partial charge in [-0.05, 0) is 18.9 Å². The fraction of sp³-hybridized carbons (Fsp3) is 0.500. The maximum atomic E-state index is 10.6. The van der Waals surface area contributed by atoms with Crippen LogP contribution in [0.25, 0.3) is 0 Å². The van der Waals surface area contributed by atoms with Crippen molar-refractivity contribution in [1.82, 2.24) is 0 Å². The van der Waals surface area contributed by atoms with Crippen LogP contribution in [0.2, 0.25) is 0 Å². The quantitative estimate of drug-likeness (QED) is 0.485. The van der Waals surface area contributed by atoms with Crippen molar-refractivity contribution in [2.75, 3.05) is 0 Å². The Morgan fingerprint density at radius 1 is 1.75 bits per heavy atom. The Labute approximate surface area is 54.2 Å². The summed E-state index contributed by atoms with van der Waals surface area (Å²) in [5.41, 5.74) is 0. The van der Waals surface area contributed by atoms with E-state index >= 15 is 0 Å². The van der Waals surface area contributed by atoms with Crippen LogP contribution in [-0.4, -0.2) is 11.0 Å². The number of rotatable bonds is 0. The Hall–Kier alpha value is -0.240. The monoisotopic (exact) mass is 128 g/mol. The van der Waals surface area contributed by atoms with Crippen LogP contribution in [0.3, 0.4) is 0 Å². The minimum Gasteiger partial charge on any atom is -0.294 e. The van der Waals surface area contributed by atoms with Gasteiger partial charge in [0.05, 0.1) is 5.25 Å². The maximum Gasteiger partial charge on any atom is 0.168 e. The summed E-state index contributed by atoms with van der Waals surface area (Å²) in [6, 6.07) is 0. The van der Waals surface area contributed by atoms with E-state index in [0.29, 0.717) is 0 Å². The summed E-state index contributed by atoms with van der Waals surface area (Å²) in [5, 5.41) is -0.0278. The normalized spacial score (nSPS) is 28.6. The molecule has 0 heterocycles. The van der Waals surface area contributed by atoms with Gasteiger partial charge in [-0.15, -0.1) is 0 Å². The molecule has 0 radical (unpaired) electrons. The zero-order valence-corrected chi connectivity index (χ0v) is 5.40. The lowest BCUT2D eigenvalue weighted by atomic mass is 10.1. The van der Waals surface area contributed by atoms with Crippen molar-refractivity contribution >= 4 is 18.4 Å². The van der Waals surface area contributed by atoms with Gasteiger partial charge in [-0.1, -0.05) is 6.08 Å². The highest BCUT2D eigenvalue weighted by molar-refractivity contribution is 7.81. The fourth-order valence-electron chi connectivity index (χ4n) is 0.707. The van der Waals surface area contributed by atoms with E-state index in [1.165, 1.54) is 0 Å². The van der Waals surface area contributed by atoms with Gasteiger partial charge >= 0.3 is 0 Å². The molecule has 0 aromatic rings. The summed E-state index contributed by atoms with van der Waals surface area (Å²) >= 11 is 4.06. The molecule has 1 aliphatic carbocycles. The second-order valence-electron chi connectivity index (χ2n) is 1.90. The second kappa shape index (κ2) is 2.35. The molecule has 0 fully saturated rings. The number of hydrogen-bond acceptors (Lipinski definition) is 2. The van der Waals surface area contributed by atoms with Gasteiger partial charge in [0.25, 0.3) is 0 Å². The van der Waals surface area contributed by atoms with Crippen LogP contribution in [0.15, 0.2) is 12.2 Å². The first-order chi connectivity index (χ1) is 3.80. The first kappa shape index (κ1) is 5.89. The Morgan fingerprint density at radius 3 is 2.88 bits per heavy atom. The van der Waals surface area contributed by atoms with E-state index in [-0.39, 0.29) is 11.0 Å². The summed E-state index contributed by atoms with van der Waals surface area (Å²) in [7, 11) is 0. The standard InChI is InChI=1S/C6H8OS/c7-5-3-1-2-4-6(5)8/h1,3,6,8H,2,4H2. The van der Waals surface area contributed by atoms with Crippen molar-refractivity contribution in [2.24, 2.45) is 0 Å². The second-order valence-corrected chi connectivity index (χ2v) is 2.52. The average Bonchev–Trinajstić information content (AvgIpc) is 1.77. The zero-order chi connectivity index (χ0) is 5.98. The third-order valence-corrected chi connectivity index (χ3v) is 1.73. The molecule has 0 aromatic carbocycles. The molecule has 0 N–H and O–H groups in total. The van der Waals surface area contributed by atoms with E-state index in [9.17, 15) is 4.79 Å². The zero-order valence-electron chi connectivity index (χ0n) is 4.50. The van der Waals surface area contributed by atoms with E-state index in [2.05, 4.69) is 12.6 Å². The van der Waals surface area contributed by atoms with Crippen molar-refractivity contribution in [1.29, 1.82) is 0 Å². The minimum atomic E-state index is -0.0278. The molecule has 1 unspecified atom stereocenters. The van der Waals surface area contributed by atoms with Gasteiger partial charge in [0.15, 0.2) is 5.78 Å². The molecule has 0 saturated carbocycles. The summed E-state index contributed by atoms with van der Waals surface area (Å²) < 4.78 is 0. The van der Waals surface area contributed by atoms with E-state index in [0.717, 1.165) is 12.8 Å². The topological polar surface area (TPSA) is 17.1 Å². The number of allylic oxidation sites excluding steroid dienone is 2. The molecule has 0 aromatic heterocycles. The first-order valence-electron chi connectivity index (χ1n) is 2.69. The van der Waals surface area contributed by atoms with Crippen LogP contribution in [-0.2, 0) is 4.79 Å². The third kappa shape index (κ3) is 1.13. The molecular formula is C6H8OS. The Balaban J connectivity index is 2.60. The molecule has 0 aliphatic heterocycles. The van der Waals surface area contributed by atoms with E-state index in [1.807, 2.05) is 6.08 Å². The molecule has 0 amide bonds. The summed E-state index contributed by atoms with van der Waals surface area (Å²) in [6.45, 7) is 0. The summed E-state index contributed by atoms with van der Waals surface area (Å²) in [4.78, 5) is 10.6. The van der Waals surface area contributed by atoms with Gasteiger partial charge in [0.1, 0.15) is 0 Å². The van der Waals surface area contributed by atoms with Crippen molar-refractivity contribution in [3.05, 3.63) is 12.2 Å². The number of carbonyl (C=O) groups is 1. The lowest BCUT2D eigenvalue weighted by Crippen LogP contribution is -2.14. The van der Waals surface area contributed by atoms with E-state index in [4.69, 9.17) is 0 Å². The van der Waals surface area contributed by atoms with Gasteiger partial charge in [0, 0.05) is 0 Å². The molecule has 44 valence electrons. The fourth-order valence-corrected chi connectivity index (χ4v) is 0.942. The SMILES string of the molecule is O=C1C=CCCC1S. The summed E-state index contributed by atoms with van der Waals surface area (Å²) in [6.07, 6.45) is 5.41. The number of hydrogen-bond donors (Lipinski definition) is 1. The van der Waals surface area contributed by atoms with E-state index in [1.54, 1.807) is 6.08 Å². The Morgan fingerprint density at radius 2 is 2.50 bits per heavy atom. The largest absolute Gasteiger partial charge is 0.294 e. The lowest BCUT2D eigenvalue weighted by Gasteiger charge is -2.07. The van der Waals surface area contributed by atoms with Crippen molar-refractivity contribution in [3.63, 3.8) is 0 Å². The summed E-state index contributed by atoms with van der Waals surface area (Å²) in [5.74, 6) is 0.152. The lowest BCUT2D eigenvalue weighted by molar-refractivity contribution is -0.114. The maximum absolute atomic E-state index is 10.6. The van der Waals surface area contributed by atoms with Crippen LogP contribution in [0.4, 0.5) is 0 Å². The Kier molecular flexibility index (Phi) is 1.73. The van der Waals surface area contributed by atoms with Crippen molar-refractivity contribution in [3.8, 4) is 0 Å². The highest BCUT2D eigenvalue weighted by Crippen LogP contribution is 2.12. The molecule has 0 saturated heterocycles. The van der Waals surface area contributed by atoms with Gasteiger partial charge < -0.3 is 0 Å². The third-order valence-electron chi connectivity index (χ3n) is 1.22. The van der Waals surface area contributed by atoms with Gasteiger partial charge in [0.2, 0.25) is 0 Å². The van der Waals surface area contributed by atoms with Gasteiger partial charge in [-0.3, -0.25) is 4.79 Å². The van der Waals surface area contributed by atoms with Crippen molar-refractivity contribution < 1.29 is 4.79 Å². The van der Waals surface area contributed by atoms with Gasteiger partial charge in [-0.25, -0.2) is 0 Å². The molecule has 0 bridgehead atoms. The molecule has 2 heteroatoms. The van der Waals surface area contributed by atoms with Crippen LogP contribution in [0.1, 0.15) is 12.8 Å². The predicted octanol–water partition coefficient (Wildman–Crippen LogP) is 1.20. The molecule has 8 heavy (non-hydrogen) atoms. The number of thiol groups is 1. The number of carbonyl (C=O) groups excluding carboxylic acids is 1. The molecule has 1 aliphatic rings. The molecule has 1 rings (SSSR count). The van der Waals surface area contributed by atoms with Crippen LogP contribution in [0, 0.1) is 0 Å². The smallest absolute Gasteiger partial charge is 0.168 e. The average molecular weight is 128 g/mol. The first-order valence-corrected chi connectivity index (χ1v) is 3.21. The van der Waals surface area contributed by atoms with Crippen LogP contribution in [0.5, 0.6) is 0 Å². The predicted molar refractivity (Wildman–Crippen MR) is 36.2 cm³/mol. The van der Waals surface area contributed by atoms with Crippen LogP contribution < -0.4 is 0 Å². The molecule has 0 spiro atoms. The highest BCUT2D eigenvalue weighted by Gasteiger charge is 2.12. The van der Waals surface area contributed by atoms with E-state index < -0.39 is 0 Å². The Bertz CT molecular complexity index is 128. The van der Waals surface area contributed by atoms with Crippen molar-refractivity contribution in [2.45, 2.75) is 18.1 Å². The molecular weight excluding hydrogens is 120 g/mol. The highest BCUT2D eigenvalue weighted by atomic mass is 32.1. The number of ketones is 1. The minimum absolute atomic E-state index is 0.0278. The molecule has 1 nitrogen and oxygen atoms in total. The van der Waals surface area contributed by atoms with Gasteiger partial charge in [-0.2, -0.15) is 12.6 Å². The van der Waals surface area contributed by atoms with Crippen LogP contribution >= 0.6 is 12.6 Å². The molecule has 1 atom stereocenters.